The van der Waals surface area contributed by atoms with Crippen LogP contribution in [0.5, 0.6) is 0 Å². The first-order chi connectivity index (χ1) is 8.08. The average molecular weight is 278 g/mol. The van der Waals surface area contributed by atoms with E-state index in [-0.39, 0.29) is 21.7 Å². The summed E-state index contributed by atoms with van der Waals surface area (Å²) in [7, 11) is 2.01. The molecule has 0 aliphatic carbocycles. The smallest absolute Gasteiger partial charge is 0.287 e. The number of halogens is 2. The van der Waals surface area contributed by atoms with Gasteiger partial charge in [0, 0.05) is 13.1 Å². The molecule has 0 saturated carbocycles. The molecule has 0 amide bonds. The molecule has 17 heavy (non-hydrogen) atoms. The van der Waals surface area contributed by atoms with Gasteiger partial charge in [-0.15, -0.1) is 0 Å². The maximum Gasteiger partial charge on any atom is 0.287 e. The Morgan fingerprint density at radius 1 is 1.59 bits per heavy atom. The monoisotopic (exact) mass is 277 g/mol. The van der Waals surface area contributed by atoms with Crippen molar-refractivity contribution in [1.82, 2.24) is 14.7 Å². The summed E-state index contributed by atoms with van der Waals surface area (Å²) in [5.41, 5.74) is -0.379. The quantitative estimate of drug-likeness (QED) is 0.805. The van der Waals surface area contributed by atoms with E-state index in [0.717, 1.165) is 13.1 Å². The van der Waals surface area contributed by atoms with E-state index in [0.29, 0.717) is 13.2 Å². The second-order valence-electron chi connectivity index (χ2n) is 4.05. The molecule has 5 nitrogen and oxygen atoms in total. The van der Waals surface area contributed by atoms with Crippen LogP contribution in [0.2, 0.25) is 10.0 Å². The van der Waals surface area contributed by atoms with Crippen LogP contribution < -0.4 is 5.56 Å². The molecule has 2 rings (SSSR count). The summed E-state index contributed by atoms with van der Waals surface area (Å²) in [5.74, 6) is 0. The molecule has 2 heterocycles. The normalized spacial score (nSPS) is 21.7. The first-order valence-corrected chi connectivity index (χ1v) is 6.05. The zero-order chi connectivity index (χ0) is 12.4. The Morgan fingerprint density at radius 2 is 2.35 bits per heavy atom. The Kier molecular flexibility index (Phi) is 4.04. The van der Waals surface area contributed by atoms with E-state index in [9.17, 15) is 4.79 Å². The summed E-state index contributed by atoms with van der Waals surface area (Å²) in [5, 5.41) is 4.13. The lowest BCUT2D eigenvalue weighted by Crippen LogP contribution is -2.43. The van der Waals surface area contributed by atoms with Gasteiger partial charge in [-0.2, -0.15) is 5.10 Å². The van der Waals surface area contributed by atoms with Crippen LogP contribution in [0.4, 0.5) is 0 Å². The maximum absolute atomic E-state index is 11.8. The molecule has 1 fully saturated rings. The lowest BCUT2D eigenvalue weighted by molar-refractivity contribution is -0.0297. The van der Waals surface area contributed by atoms with E-state index in [1.54, 1.807) is 0 Å². The fraction of sp³-hybridized carbons (Fsp3) is 0.600. The lowest BCUT2D eigenvalue weighted by Gasteiger charge is -2.29. The van der Waals surface area contributed by atoms with E-state index in [1.165, 1.54) is 10.9 Å². The molecule has 0 radical (unpaired) electrons. The van der Waals surface area contributed by atoms with E-state index in [4.69, 9.17) is 27.9 Å². The molecule has 1 atom stereocenters. The van der Waals surface area contributed by atoms with Crippen LogP contribution in [0.3, 0.4) is 0 Å². The molecule has 0 bridgehead atoms. The molecule has 0 aromatic carbocycles. The molecule has 0 spiro atoms. The van der Waals surface area contributed by atoms with Gasteiger partial charge in [0.1, 0.15) is 5.02 Å². The number of morpholine rings is 1. The van der Waals surface area contributed by atoms with Crippen LogP contribution >= 0.6 is 23.2 Å². The molecule has 7 heteroatoms. The van der Waals surface area contributed by atoms with Crippen LogP contribution in [0, 0.1) is 0 Å². The molecule has 1 aromatic rings. The average Bonchev–Trinajstić information content (AvgIpc) is 2.30. The predicted molar refractivity (Wildman–Crippen MR) is 65.8 cm³/mol. The lowest BCUT2D eigenvalue weighted by atomic mass is 10.3. The Balaban J connectivity index is 2.13. The van der Waals surface area contributed by atoms with Crippen molar-refractivity contribution in [3.05, 3.63) is 26.6 Å². The number of hydrogen-bond acceptors (Lipinski definition) is 4. The molecule has 1 aliphatic heterocycles. The second kappa shape index (κ2) is 5.35. The molecule has 1 aromatic heterocycles. The highest BCUT2D eigenvalue weighted by molar-refractivity contribution is 6.41. The summed E-state index contributed by atoms with van der Waals surface area (Å²) < 4.78 is 6.85. The van der Waals surface area contributed by atoms with Gasteiger partial charge in [-0.1, -0.05) is 23.2 Å². The van der Waals surface area contributed by atoms with Gasteiger partial charge in [-0.3, -0.25) is 4.79 Å². The Hall–Kier alpha value is -0.620. The van der Waals surface area contributed by atoms with Crippen molar-refractivity contribution in [3.63, 3.8) is 0 Å². The highest BCUT2D eigenvalue weighted by Crippen LogP contribution is 2.15. The number of aromatic nitrogens is 2. The van der Waals surface area contributed by atoms with Gasteiger partial charge >= 0.3 is 0 Å². The van der Waals surface area contributed by atoms with Crippen LogP contribution in [-0.4, -0.2) is 47.5 Å². The van der Waals surface area contributed by atoms with Crippen molar-refractivity contribution in [2.45, 2.75) is 12.6 Å². The topological polar surface area (TPSA) is 47.4 Å². The summed E-state index contributed by atoms with van der Waals surface area (Å²) in [6.45, 7) is 2.73. The predicted octanol–water partition coefficient (Wildman–Crippen LogP) is 0.881. The van der Waals surface area contributed by atoms with E-state index in [2.05, 4.69) is 10.00 Å². The Labute approximate surface area is 109 Å². The molecule has 94 valence electrons. The summed E-state index contributed by atoms with van der Waals surface area (Å²) in [6, 6.07) is 0. The first kappa shape index (κ1) is 12.8. The van der Waals surface area contributed by atoms with Crippen molar-refractivity contribution in [1.29, 1.82) is 0 Å². The standard InChI is InChI=1S/C10H13Cl2N3O2/c1-14-2-3-17-7(5-14)6-15-10(16)9(12)8(11)4-13-15/h4,7H,2-3,5-6H2,1H3. The molecule has 1 unspecified atom stereocenters. The van der Waals surface area contributed by atoms with E-state index in [1.807, 2.05) is 7.05 Å². The fourth-order valence-corrected chi connectivity index (χ4v) is 2.02. The maximum atomic E-state index is 11.8. The van der Waals surface area contributed by atoms with Crippen LogP contribution in [0.1, 0.15) is 0 Å². The van der Waals surface area contributed by atoms with Gasteiger partial charge in [0.05, 0.1) is 30.5 Å². The molecule has 1 saturated heterocycles. The molecule has 0 N–H and O–H groups in total. The minimum absolute atomic E-state index is 0.00540. The third kappa shape index (κ3) is 2.98. The van der Waals surface area contributed by atoms with Crippen molar-refractivity contribution in [2.75, 3.05) is 26.7 Å². The van der Waals surface area contributed by atoms with Crippen molar-refractivity contribution >= 4 is 23.2 Å². The Morgan fingerprint density at radius 3 is 3.06 bits per heavy atom. The number of nitrogens with zero attached hydrogens (tertiary/aromatic N) is 3. The number of likely N-dealkylation sites (N-methyl/N-ethyl adjacent to an activating group) is 1. The first-order valence-electron chi connectivity index (χ1n) is 5.29. The van der Waals surface area contributed by atoms with Gasteiger partial charge in [0.2, 0.25) is 0 Å². The van der Waals surface area contributed by atoms with Crippen molar-refractivity contribution < 1.29 is 4.74 Å². The minimum atomic E-state index is -0.379. The summed E-state index contributed by atoms with van der Waals surface area (Å²) in [4.78, 5) is 13.9. The SMILES string of the molecule is CN1CCOC(Cn2ncc(Cl)c(Cl)c2=O)C1. The van der Waals surface area contributed by atoms with Crippen LogP contribution in [0.15, 0.2) is 11.0 Å². The third-order valence-corrected chi connectivity index (χ3v) is 3.41. The van der Waals surface area contributed by atoms with Crippen LogP contribution in [0.25, 0.3) is 0 Å². The fourth-order valence-electron chi connectivity index (χ4n) is 1.75. The van der Waals surface area contributed by atoms with Gasteiger partial charge in [-0.05, 0) is 7.05 Å². The molecular weight excluding hydrogens is 265 g/mol. The minimum Gasteiger partial charge on any atom is -0.374 e. The molecular formula is C10H13Cl2N3O2. The zero-order valence-electron chi connectivity index (χ0n) is 9.40. The van der Waals surface area contributed by atoms with Crippen molar-refractivity contribution in [2.24, 2.45) is 0 Å². The number of ether oxygens (including phenoxy) is 1. The molecule has 1 aliphatic rings. The zero-order valence-corrected chi connectivity index (χ0v) is 10.9. The van der Waals surface area contributed by atoms with E-state index >= 15 is 0 Å². The summed E-state index contributed by atoms with van der Waals surface area (Å²) in [6.07, 6.45) is 1.33. The number of rotatable bonds is 2. The Bertz CT molecular complexity index is 463. The highest BCUT2D eigenvalue weighted by Gasteiger charge is 2.19. The van der Waals surface area contributed by atoms with Crippen molar-refractivity contribution in [3.8, 4) is 0 Å². The third-order valence-electron chi connectivity index (χ3n) is 2.66. The highest BCUT2D eigenvalue weighted by atomic mass is 35.5. The van der Waals surface area contributed by atoms with Crippen LogP contribution in [-0.2, 0) is 11.3 Å². The summed E-state index contributed by atoms with van der Waals surface area (Å²) >= 11 is 11.5. The van der Waals surface area contributed by atoms with E-state index < -0.39 is 0 Å². The largest absolute Gasteiger partial charge is 0.374 e. The van der Waals surface area contributed by atoms with Gasteiger partial charge in [0.15, 0.2) is 0 Å². The second-order valence-corrected chi connectivity index (χ2v) is 4.83. The van der Waals surface area contributed by atoms with Gasteiger partial charge in [0.25, 0.3) is 5.56 Å². The van der Waals surface area contributed by atoms with Gasteiger partial charge < -0.3 is 9.64 Å². The van der Waals surface area contributed by atoms with Gasteiger partial charge in [-0.25, -0.2) is 4.68 Å². The number of hydrogen-bond donors (Lipinski definition) is 0.